The predicted octanol–water partition coefficient (Wildman–Crippen LogP) is 5.86. The summed E-state index contributed by atoms with van der Waals surface area (Å²) in [6.45, 7) is 0. The number of nitrogens with one attached hydrogen (secondary N) is 1. The SMILES string of the molecule is C#CC(Oc1cc(Cl)ccc1Oc1ccc(Cl)cc1Cl)C1=C(C(=O)O)N2C(=O)C(NC(=O)Cc3cccs3)[C@@H]2SC1. The second kappa shape index (κ2) is 12.3. The molecule has 210 valence electrons. The minimum Gasteiger partial charge on any atom is -0.477 e. The van der Waals surface area contributed by atoms with Crippen LogP contribution in [0.5, 0.6) is 17.2 Å². The Kier molecular flexibility index (Phi) is 8.73. The van der Waals surface area contributed by atoms with Gasteiger partial charge in [-0.3, -0.25) is 14.5 Å². The van der Waals surface area contributed by atoms with E-state index in [0.717, 1.165) is 9.78 Å². The molecule has 13 heteroatoms. The largest absolute Gasteiger partial charge is 0.477 e. The highest BCUT2D eigenvalue weighted by atomic mass is 35.5. The monoisotopic (exact) mass is 648 g/mol. The smallest absolute Gasteiger partial charge is 0.352 e. The highest BCUT2D eigenvalue weighted by molar-refractivity contribution is 8.00. The summed E-state index contributed by atoms with van der Waals surface area (Å²) >= 11 is 21.2. The number of amides is 2. The first kappa shape index (κ1) is 29.2. The number of terminal acetylenes is 1. The molecule has 3 aromatic rings. The zero-order valence-electron chi connectivity index (χ0n) is 20.8. The zero-order valence-corrected chi connectivity index (χ0v) is 24.7. The Hall–Kier alpha value is -3.33. The molecule has 2 aromatic carbocycles. The van der Waals surface area contributed by atoms with Crippen molar-refractivity contribution >= 4 is 75.7 Å². The molecular formula is C28H19Cl3N2O6S2. The number of halogens is 3. The number of aliphatic carboxylic acids is 1. The van der Waals surface area contributed by atoms with Crippen molar-refractivity contribution in [2.75, 3.05) is 5.75 Å². The maximum atomic E-state index is 13.1. The molecular weight excluding hydrogens is 631 g/mol. The maximum absolute atomic E-state index is 13.1. The maximum Gasteiger partial charge on any atom is 0.352 e. The van der Waals surface area contributed by atoms with Crippen LogP contribution in [0.25, 0.3) is 0 Å². The second-order valence-electron chi connectivity index (χ2n) is 8.82. The van der Waals surface area contributed by atoms with Crippen LogP contribution in [0.3, 0.4) is 0 Å². The van der Waals surface area contributed by atoms with E-state index in [2.05, 4.69) is 11.2 Å². The molecule has 0 saturated carbocycles. The first-order valence-electron chi connectivity index (χ1n) is 11.9. The number of carboxylic acids is 1. The zero-order chi connectivity index (χ0) is 29.3. The van der Waals surface area contributed by atoms with Gasteiger partial charge >= 0.3 is 5.97 Å². The van der Waals surface area contributed by atoms with E-state index in [0.29, 0.717) is 15.8 Å². The molecule has 41 heavy (non-hydrogen) atoms. The number of ether oxygens (including phenoxy) is 2. The van der Waals surface area contributed by atoms with Gasteiger partial charge in [-0.05, 0) is 41.8 Å². The van der Waals surface area contributed by atoms with Gasteiger partial charge in [0.05, 0.1) is 11.4 Å². The second-order valence-corrected chi connectivity index (χ2v) is 12.2. The normalized spacial score (nSPS) is 18.6. The van der Waals surface area contributed by atoms with Gasteiger partial charge in [0.25, 0.3) is 5.91 Å². The lowest BCUT2D eigenvalue weighted by atomic mass is 10.00. The molecule has 0 radical (unpaired) electrons. The number of thiophene rings is 1. The van der Waals surface area contributed by atoms with Gasteiger partial charge in [0.1, 0.15) is 22.9 Å². The topological polar surface area (TPSA) is 105 Å². The summed E-state index contributed by atoms with van der Waals surface area (Å²) in [5.41, 5.74) is -0.0795. The third-order valence-electron chi connectivity index (χ3n) is 6.16. The van der Waals surface area contributed by atoms with Crippen molar-refractivity contribution in [3.8, 4) is 29.6 Å². The summed E-state index contributed by atoms with van der Waals surface area (Å²) in [5, 5.41) is 15.1. The number of rotatable bonds is 9. The fourth-order valence-corrected chi connectivity index (χ4v) is 6.99. The molecule has 3 heterocycles. The highest BCUT2D eigenvalue weighted by Gasteiger charge is 2.55. The van der Waals surface area contributed by atoms with Gasteiger partial charge in [0.2, 0.25) is 5.91 Å². The van der Waals surface area contributed by atoms with E-state index in [4.69, 9.17) is 50.7 Å². The molecule has 1 saturated heterocycles. The summed E-state index contributed by atoms with van der Waals surface area (Å²) < 4.78 is 12.0. The number of hydrogen-bond donors (Lipinski definition) is 2. The van der Waals surface area contributed by atoms with Crippen molar-refractivity contribution < 1.29 is 29.0 Å². The molecule has 2 N–H and O–H groups in total. The third-order valence-corrected chi connectivity index (χ3v) is 9.11. The van der Waals surface area contributed by atoms with E-state index in [1.165, 1.54) is 35.2 Å². The summed E-state index contributed by atoms with van der Waals surface area (Å²) in [5.74, 6) is 1.03. The van der Waals surface area contributed by atoms with Crippen molar-refractivity contribution in [2.45, 2.75) is 23.9 Å². The van der Waals surface area contributed by atoms with E-state index in [1.54, 1.807) is 24.3 Å². The van der Waals surface area contributed by atoms with E-state index in [-0.39, 0.29) is 45.9 Å². The highest BCUT2D eigenvalue weighted by Crippen LogP contribution is 2.43. The van der Waals surface area contributed by atoms with E-state index < -0.39 is 29.4 Å². The van der Waals surface area contributed by atoms with Gasteiger partial charge in [-0.15, -0.1) is 29.5 Å². The van der Waals surface area contributed by atoms with Crippen LogP contribution in [-0.2, 0) is 20.8 Å². The molecule has 1 fully saturated rings. The lowest BCUT2D eigenvalue weighted by molar-refractivity contribution is -0.150. The molecule has 0 spiro atoms. The molecule has 2 aliphatic rings. The van der Waals surface area contributed by atoms with Crippen LogP contribution in [0, 0.1) is 12.3 Å². The Balaban J connectivity index is 1.38. The van der Waals surface area contributed by atoms with Crippen LogP contribution >= 0.6 is 57.9 Å². The van der Waals surface area contributed by atoms with Crippen LogP contribution in [0.15, 0.2) is 65.2 Å². The van der Waals surface area contributed by atoms with Crippen molar-refractivity contribution in [3.63, 3.8) is 0 Å². The molecule has 5 rings (SSSR count). The summed E-state index contributed by atoms with van der Waals surface area (Å²) in [7, 11) is 0. The molecule has 2 aliphatic heterocycles. The number of nitrogens with zero attached hydrogens (tertiary/aromatic N) is 1. The quantitative estimate of drug-likeness (QED) is 0.221. The van der Waals surface area contributed by atoms with Crippen LogP contribution in [0.1, 0.15) is 4.88 Å². The summed E-state index contributed by atoms with van der Waals surface area (Å²) in [4.78, 5) is 40.0. The summed E-state index contributed by atoms with van der Waals surface area (Å²) in [6, 6.07) is 12.1. The fraction of sp³-hybridized carbons (Fsp3) is 0.179. The number of benzene rings is 2. The first-order valence-corrected chi connectivity index (χ1v) is 15.0. The fourth-order valence-electron chi connectivity index (χ4n) is 4.31. The van der Waals surface area contributed by atoms with Gasteiger partial charge < -0.3 is 19.9 Å². The number of thioether (sulfide) groups is 1. The average Bonchev–Trinajstić information content (AvgIpc) is 3.45. The van der Waals surface area contributed by atoms with Crippen molar-refractivity contribution in [2.24, 2.45) is 0 Å². The van der Waals surface area contributed by atoms with E-state index >= 15 is 0 Å². The molecule has 1 aromatic heterocycles. The lowest BCUT2D eigenvalue weighted by Gasteiger charge is -2.49. The number of fused-ring (bicyclic) bond motifs is 1. The number of carbonyl (C=O) groups is 3. The Morgan fingerprint density at radius 3 is 2.51 bits per heavy atom. The van der Waals surface area contributed by atoms with Crippen LogP contribution in [0.4, 0.5) is 0 Å². The van der Waals surface area contributed by atoms with Gasteiger partial charge in [-0.2, -0.15) is 0 Å². The third kappa shape index (κ3) is 6.15. The molecule has 0 bridgehead atoms. The Morgan fingerprint density at radius 1 is 1.12 bits per heavy atom. The van der Waals surface area contributed by atoms with Gasteiger partial charge in [0.15, 0.2) is 17.6 Å². The number of carbonyl (C=O) groups excluding carboxylic acids is 2. The predicted molar refractivity (Wildman–Crippen MR) is 159 cm³/mol. The van der Waals surface area contributed by atoms with Crippen molar-refractivity contribution in [1.29, 1.82) is 0 Å². The van der Waals surface area contributed by atoms with Gasteiger partial charge in [-0.25, -0.2) is 4.79 Å². The Labute approximate surface area is 258 Å². The molecule has 8 nitrogen and oxygen atoms in total. The molecule has 3 atom stereocenters. The van der Waals surface area contributed by atoms with Crippen molar-refractivity contribution in [1.82, 2.24) is 10.2 Å². The Bertz CT molecular complexity index is 1600. The summed E-state index contributed by atoms with van der Waals surface area (Å²) in [6.07, 6.45) is 4.75. The van der Waals surface area contributed by atoms with Crippen LogP contribution < -0.4 is 14.8 Å². The van der Waals surface area contributed by atoms with Gasteiger partial charge in [-0.1, -0.05) is 46.8 Å². The average molecular weight is 650 g/mol. The van der Waals surface area contributed by atoms with Crippen molar-refractivity contribution in [3.05, 3.63) is 85.1 Å². The van der Waals surface area contributed by atoms with Crippen LogP contribution in [-0.4, -0.2) is 51.1 Å². The minimum atomic E-state index is -1.35. The van der Waals surface area contributed by atoms with Crippen LogP contribution in [0.2, 0.25) is 15.1 Å². The standard InChI is InChI=1S/C28H19Cl3N2O6S2/c1-2-19(38-22-11-15(30)6-8-21(22)39-20-7-5-14(29)10-18(20)31)17-13-41-27-24(26(35)33(27)25(17)28(36)37)32-23(34)12-16-4-3-9-40-16/h1,3-11,19,24,27H,12-13H2,(H,32,34)(H,36,37)/t19?,24?,27-/m0/s1. The number of carboxylic acid groups (broad SMARTS) is 1. The van der Waals surface area contributed by atoms with E-state index in [1.807, 2.05) is 17.5 Å². The molecule has 2 amide bonds. The number of hydrogen-bond acceptors (Lipinski definition) is 7. The number of β-lactam (4-membered cyclic amide) rings is 1. The molecule has 2 unspecified atom stereocenters. The Morgan fingerprint density at radius 2 is 1.85 bits per heavy atom. The first-order chi connectivity index (χ1) is 19.7. The van der Waals surface area contributed by atoms with Gasteiger partial charge in [0, 0.05) is 32.3 Å². The van der Waals surface area contributed by atoms with E-state index in [9.17, 15) is 19.5 Å². The minimum absolute atomic E-state index is 0.129. The lowest BCUT2D eigenvalue weighted by Crippen LogP contribution is -2.71. The molecule has 0 aliphatic carbocycles.